The highest BCUT2D eigenvalue weighted by Crippen LogP contribution is 2.28. The van der Waals surface area contributed by atoms with Gasteiger partial charge in [-0.25, -0.2) is 4.39 Å². The highest BCUT2D eigenvalue weighted by atomic mass is 127. The van der Waals surface area contributed by atoms with E-state index in [0.717, 1.165) is 14.8 Å². The summed E-state index contributed by atoms with van der Waals surface area (Å²) in [6, 6.07) is 12.5. The minimum atomic E-state index is -0.315. The number of nitrogens with one attached hydrogen (secondary N) is 1. The highest BCUT2D eigenvalue weighted by Gasteiger charge is 2.11. The second kappa shape index (κ2) is 5.89. The standard InChI is InChI=1S/C14H12ClFIN/c1-9(11-7-6-10(16)8-12(11)15)18-14-5-3-2-4-13(14)17/h2-9,18H,1H3. The van der Waals surface area contributed by atoms with Crippen molar-refractivity contribution in [3.05, 3.63) is 62.4 Å². The molecule has 0 aliphatic heterocycles. The van der Waals surface area contributed by atoms with Crippen LogP contribution in [0, 0.1) is 9.39 Å². The first-order valence-electron chi connectivity index (χ1n) is 5.54. The third-order valence-corrected chi connectivity index (χ3v) is 3.94. The maximum Gasteiger partial charge on any atom is 0.124 e. The van der Waals surface area contributed by atoms with Crippen molar-refractivity contribution in [2.45, 2.75) is 13.0 Å². The average molecular weight is 376 g/mol. The number of para-hydroxylation sites is 1. The lowest BCUT2D eigenvalue weighted by Gasteiger charge is -2.18. The van der Waals surface area contributed by atoms with Crippen LogP contribution in [0.15, 0.2) is 42.5 Å². The Hall–Kier alpha value is -0.810. The molecule has 0 heterocycles. The zero-order valence-electron chi connectivity index (χ0n) is 9.75. The maximum atomic E-state index is 13.0. The molecule has 0 fully saturated rings. The van der Waals surface area contributed by atoms with Gasteiger partial charge in [-0.05, 0) is 59.3 Å². The van der Waals surface area contributed by atoms with Crippen molar-refractivity contribution in [2.24, 2.45) is 0 Å². The highest BCUT2D eigenvalue weighted by molar-refractivity contribution is 14.1. The predicted octanol–water partition coefficient (Wildman–Crippen LogP) is 5.26. The second-order valence-corrected chi connectivity index (χ2v) is 5.58. The molecular weight excluding hydrogens is 364 g/mol. The van der Waals surface area contributed by atoms with Gasteiger partial charge in [-0.3, -0.25) is 0 Å². The van der Waals surface area contributed by atoms with E-state index in [2.05, 4.69) is 27.9 Å². The van der Waals surface area contributed by atoms with Gasteiger partial charge in [-0.1, -0.05) is 29.8 Å². The van der Waals surface area contributed by atoms with Gasteiger partial charge in [-0.2, -0.15) is 0 Å². The van der Waals surface area contributed by atoms with Crippen LogP contribution in [-0.2, 0) is 0 Å². The Morgan fingerprint density at radius 3 is 2.61 bits per heavy atom. The van der Waals surface area contributed by atoms with E-state index in [0.29, 0.717) is 5.02 Å². The molecule has 0 bridgehead atoms. The summed E-state index contributed by atoms with van der Waals surface area (Å²) < 4.78 is 14.1. The molecular formula is C14H12ClFIN. The van der Waals surface area contributed by atoms with Gasteiger partial charge in [0.15, 0.2) is 0 Å². The summed E-state index contributed by atoms with van der Waals surface area (Å²) in [5.74, 6) is -0.315. The van der Waals surface area contributed by atoms with Crippen molar-refractivity contribution in [3.63, 3.8) is 0 Å². The van der Waals surface area contributed by atoms with Gasteiger partial charge in [0.25, 0.3) is 0 Å². The zero-order chi connectivity index (χ0) is 13.1. The molecule has 2 aromatic rings. The molecule has 18 heavy (non-hydrogen) atoms. The number of hydrogen-bond acceptors (Lipinski definition) is 1. The number of hydrogen-bond donors (Lipinski definition) is 1. The lowest BCUT2D eigenvalue weighted by Crippen LogP contribution is -2.08. The van der Waals surface area contributed by atoms with Crippen molar-refractivity contribution in [1.82, 2.24) is 0 Å². The predicted molar refractivity (Wildman–Crippen MR) is 82.6 cm³/mol. The lowest BCUT2D eigenvalue weighted by atomic mass is 10.1. The SMILES string of the molecule is CC(Nc1ccccc1I)c1ccc(F)cc1Cl. The molecule has 1 unspecified atom stereocenters. The van der Waals surface area contributed by atoms with Gasteiger partial charge in [0.1, 0.15) is 5.82 Å². The molecule has 2 aromatic carbocycles. The number of anilines is 1. The van der Waals surface area contributed by atoms with Crippen molar-refractivity contribution in [3.8, 4) is 0 Å². The van der Waals surface area contributed by atoms with Crippen molar-refractivity contribution >= 4 is 39.9 Å². The molecule has 1 atom stereocenters. The van der Waals surface area contributed by atoms with E-state index < -0.39 is 0 Å². The summed E-state index contributed by atoms with van der Waals surface area (Å²) in [6.07, 6.45) is 0. The summed E-state index contributed by atoms with van der Waals surface area (Å²) in [6.45, 7) is 2.00. The van der Waals surface area contributed by atoms with Gasteiger partial charge < -0.3 is 5.32 Å². The molecule has 1 N–H and O–H groups in total. The monoisotopic (exact) mass is 375 g/mol. The van der Waals surface area contributed by atoms with Crippen LogP contribution < -0.4 is 5.32 Å². The van der Waals surface area contributed by atoms with Crippen LogP contribution in [0.1, 0.15) is 18.5 Å². The molecule has 0 saturated carbocycles. The zero-order valence-corrected chi connectivity index (χ0v) is 12.7. The van der Waals surface area contributed by atoms with Crippen molar-refractivity contribution < 1.29 is 4.39 Å². The van der Waals surface area contributed by atoms with E-state index >= 15 is 0 Å². The average Bonchev–Trinajstić information content (AvgIpc) is 2.32. The Bertz CT molecular complexity index is 559. The number of benzene rings is 2. The Morgan fingerprint density at radius 2 is 1.94 bits per heavy atom. The van der Waals surface area contributed by atoms with Crippen LogP contribution >= 0.6 is 34.2 Å². The molecule has 2 rings (SSSR count). The van der Waals surface area contributed by atoms with Crippen LogP contribution in [0.3, 0.4) is 0 Å². The van der Waals surface area contributed by atoms with Crippen LogP contribution in [0.25, 0.3) is 0 Å². The molecule has 0 radical (unpaired) electrons. The van der Waals surface area contributed by atoms with Crippen LogP contribution in [0.2, 0.25) is 5.02 Å². The van der Waals surface area contributed by atoms with Gasteiger partial charge in [0, 0.05) is 14.3 Å². The van der Waals surface area contributed by atoms with Crippen molar-refractivity contribution in [1.29, 1.82) is 0 Å². The second-order valence-electron chi connectivity index (χ2n) is 4.01. The molecule has 0 aliphatic rings. The van der Waals surface area contributed by atoms with Gasteiger partial charge in [0.2, 0.25) is 0 Å². The number of rotatable bonds is 3. The van der Waals surface area contributed by atoms with Gasteiger partial charge >= 0.3 is 0 Å². The van der Waals surface area contributed by atoms with Gasteiger partial charge in [-0.15, -0.1) is 0 Å². The first-order valence-corrected chi connectivity index (χ1v) is 6.99. The molecule has 1 nitrogen and oxygen atoms in total. The fourth-order valence-electron chi connectivity index (χ4n) is 1.74. The summed E-state index contributed by atoms with van der Waals surface area (Å²) in [5.41, 5.74) is 1.93. The molecule has 94 valence electrons. The third kappa shape index (κ3) is 3.14. The van der Waals surface area contributed by atoms with E-state index in [1.807, 2.05) is 31.2 Å². The van der Waals surface area contributed by atoms with Crippen molar-refractivity contribution in [2.75, 3.05) is 5.32 Å². The topological polar surface area (TPSA) is 12.0 Å². The van der Waals surface area contributed by atoms with E-state index in [-0.39, 0.29) is 11.9 Å². The molecule has 0 aromatic heterocycles. The minimum absolute atomic E-state index is 0.0222. The van der Waals surface area contributed by atoms with E-state index in [1.165, 1.54) is 12.1 Å². The fraction of sp³-hybridized carbons (Fsp3) is 0.143. The molecule has 4 heteroatoms. The normalized spacial score (nSPS) is 12.2. The first kappa shape index (κ1) is 13.6. The molecule has 0 saturated heterocycles. The Morgan fingerprint density at radius 1 is 1.22 bits per heavy atom. The largest absolute Gasteiger partial charge is 0.378 e. The van der Waals surface area contributed by atoms with Crippen LogP contribution in [0.4, 0.5) is 10.1 Å². The summed E-state index contributed by atoms with van der Waals surface area (Å²) in [5, 5.41) is 3.82. The van der Waals surface area contributed by atoms with Gasteiger partial charge in [0.05, 0.1) is 6.04 Å². The molecule has 0 spiro atoms. The molecule has 0 amide bonds. The summed E-state index contributed by atoms with van der Waals surface area (Å²) in [4.78, 5) is 0. The Labute approximate surface area is 124 Å². The third-order valence-electron chi connectivity index (χ3n) is 2.67. The van der Waals surface area contributed by atoms with E-state index in [9.17, 15) is 4.39 Å². The van der Waals surface area contributed by atoms with Crippen LogP contribution in [0.5, 0.6) is 0 Å². The van der Waals surface area contributed by atoms with E-state index in [1.54, 1.807) is 6.07 Å². The first-order chi connectivity index (χ1) is 8.58. The summed E-state index contributed by atoms with van der Waals surface area (Å²) in [7, 11) is 0. The Balaban J connectivity index is 2.22. The summed E-state index contributed by atoms with van der Waals surface area (Å²) >= 11 is 8.32. The van der Waals surface area contributed by atoms with E-state index in [4.69, 9.17) is 11.6 Å². The fourth-order valence-corrected chi connectivity index (χ4v) is 2.62. The maximum absolute atomic E-state index is 13.0. The minimum Gasteiger partial charge on any atom is -0.378 e. The quantitative estimate of drug-likeness (QED) is 0.722. The smallest absolute Gasteiger partial charge is 0.124 e. The Kier molecular flexibility index (Phi) is 4.45. The lowest BCUT2D eigenvalue weighted by molar-refractivity contribution is 0.626. The number of halogens is 3. The van der Waals surface area contributed by atoms with Crippen LogP contribution in [-0.4, -0.2) is 0 Å². The molecule has 0 aliphatic carbocycles.